The number of hydrogen-bond acceptors (Lipinski definition) is 4. The van der Waals surface area contributed by atoms with Gasteiger partial charge in [-0.3, -0.25) is 4.79 Å². The largest absolute Gasteiger partial charge is 0.546 e. The summed E-state index contributed by atoms with van der Waals surface area (Å²) in [4.78, 5) is 20.9. The molecule has 0 spiro atoms. The van der Waals surface area contributed by atoms with E-state index in [1.54, 1.807) is 12.1 Å². The number of aliphatic carboxylic acids is 1. The Hall–Kier alpha value is -2.04. The lowest BCUT2D eigenvalue weighted by Gasteiger charge is -2.09. The number of para-hydroxylation sites is 1. The lowest BCUT2D eigenvalue weighted by atomic mass is 10.2. The van der Waals surface area contributed by atoms with Crippen molar-refractivity contribution in [2.45, 2.75) is 0 Å². The molecule has 1 amide bonds. The first kappa shape index (κ1) is 10.0. The van der Waals surface area contributed by atoms with E-state index >= 15 is 0 Å². The summed E-state index contributed by atoms with van der Waals surface area (Å²) < 4.78 is 4.80. The van der Waals surface area contributed by atoms with Crippen molar-refractivity contribution >= 4 is 11.9 Å². The molecule has 2 N–H and O–H groups in total. The Morgan fingerprint density at radius 3 is 2.57 bits per heavy atom. The van der Waals surface area contributed by atoms with Gasteiger partial charge in [0.15, 0.2) is 0 Å². The highest BCUT2D eigenvalue weighted by Gasteiger charge is 2.07. The van der Waals surface area contributed by atoms with E-state index in [1.165, 1.54) is 12.1 Å². The summed E-state index contributed by atoms with van der Waals surface area (Å²) in [5.74, 6) is -1.88. The summed E-state index contributed by atoms with van der Waals surface area (Å²) in [6, 6.07) is 6.12. The average molecular weight is 194 g/mol. The lowest BCUT2D eigenvalue weighted by molar-refractivity contribution is -0.307. The van der Waals surface area contributed by atoms with Gasteiger partial charge < -0.3 is 20.4 Å². The Morgan fingerprint density at radius 2 is 2.00 bits per heavy atom. The van der Waals surface area contributed by atoms with Crippen LogP contribution in [0.25, 0.3) is 0 Å². The topological polar surface area (TPSA) is 92.5 Å². The van der Waals surface area contributed by atoms with Gasteiger partial charge in [-0.2, -0.15) is 0 Å². The molecule has 0 aliphatic rings. The summed E-state index contributed by atoms with van der Waals surface area (Å²) >= 11 is 0. The van der Waals surface area contributed by atoms with E-state index in [1.807, 2.05) is 0 Å². The highest BCUT2D eigenvalue weighted by molar-refractivity contribution is 5.95. The van der Waals surface area contributed by atoms with Gasteiger partial charge in [-0.1, -0.05) is 12.1 Å². The Kier molecular flexibility index (Phi) is 3.06. The maximum Gasteiger partial charge on any atom is 0.252 e. The molecule has 1 aromatic carbocycles. The van der Waals surface area contributed by atoms with Crippen molar-refractivity contribution in [3.05, 3.63) is 29.8 Å². The number of hydrogen-bond donors (Lipinski definition) is 1. The third kappa shape index (κ3) is 2.48. The van der Waals surface area contributed by atoms with Gasteiger partial charge in [0, 0.05) is 0 Å². The van der Waals surface area contributed by atoms with Crippen LogP contribution in [0, 0.1) is 0 Å². The van der Waals surface area contributed by atoms with E-state index in [2.05, 4.69) is 0 Å². The van der Waals surface area contributed by atoms with Crippen LogP contribution in [0.4, 0.5) is 0 Å². The number of ether oxygens (including phenoxy) is 1. The molecule has 5 heteroatoms. The second-order valence-electron chi connectivity index (χ2n) is 2.52. The van der Waals surface area contributed by atoms with Gasteiger partial charge in [-0.15, -0.1) is 0 Å². The molecule has 0 aliphatic carbocycles. The fourth-order valence-electron chi connectivity index (χ4n) is 0.933. The Morgan fingerprint density at radius 1 is 1.36 bits per heavy atom. The van der Waals surface area contributed by atoms with Crippen molar-refractivity contribution in [1.29, 1.82) is 0 Å². The smallest absolute Gasteiger partial charge is 0.252 e. The molecule has 1 rings (SSSR count). The molecule has 5 nitrogen and oxygen atoms in total. The molecule has 0 radical (unpaired) electrons. The van der Waals surface area contributed by atoms with E-state index in [9.17, 15) is 14.7 Å². The quantitative estimate of drug-likeness (QED) is 0.659. The second-order valence-corrected chi connectivity index (χ2v) is 2.52. The van der Waals surface area contributed by atoms with Crippen LogP contribution in [0.15, 0.2) is 24.3 Å². The maximum atomic E-state index is 10.8. The molecule has 74 valence electrons. The maximum absolute atomic E-state index is 10.8. The van der Waals surface area contributed by atoms with E-state index in [0.29, 0.717) is 0 Å². The SMILES string of the molecule is NC(=O)c1ccccc1OCC(=O)[O-]. The molecule has 1 aromatic rings. The van der Waals surface area contributed by atoms with Crippen LogP contribution in [0.2, 0.25) is 0 Å². The Labute approximate surface area is 80.1 Å². The first-order valence-electron chi connectivity index (χ1n) is 3.82. The van der Waals surface area contributed by atoms with Gasteiger partial charge in [0.2, 0.25) is 0 Å². The highest BCUT2D eigenvalue weighted by atomic mass is 16.5. The van der Waals surface area contributed by atoms with Crippen LogP contribution in [0.3, 0.4) is 0 Å². The minimum atomic E-state index is -1.36. The van der Waals surface area contributed by atoms with Gasteiger partial charge in [0.05, 0.1) is 11.5 Å². The summed E-state index contributed by atoms with van der Waals surface area (Å²) in [6.07, 6.45) is 0. The summed E-state index contributed by atoms with van der Waals surface area (Å²) in [6.45, 7) is -0.607. The summed E-state index contributed by atoms with van der Waals surface area (Å²) in [7, 11) is 0. The van der Waals surface area contributed by atoms with Crippen molar-refractivity contribution in [3.63, 3.8) is 0 Å². The van der Waals surface area contributed by atoms with Gasteiger partial charge in [-0.05, 0) is 12.1 Å². The summed E-state index contributed by atoms with van der Waals surface area (Å²) in [5, 5.41) is 10.1. The molecule has 0 unspecified atom stereocenters. The van der Waals surface area contributed by atoms with E-state index in [0.717, 1.165) is 0 Å². The van der Waals surface area contributed by atoms with Crippen LogP contribution >= 0.6 is 0 Å². The standard InChI is InChI=1S/C9H9NO4/c10-9(13)6-3-1-2-4-7(6)14-5-8(11)12/h1-4H,5H2,(H2,10,13)(H,11,12)/p-1. The number of benzene rings is 1. The minimum absolute atomic E-state index is 0.143. The molecule has 0 saturated heterocycles. The van der Waals surface area contributed by atoms with Crippen LogP contribution in [-0.4, -0.2) is 18.5 Å². The average Bonchev–Trinajstić information content (AvgIpc) is 2.15. The molecule has 0 aromatic heterocycles. The predicted octanol–water partition coefficient (Wildman–Crippen LogP) is -1.09. The number of rotatable bonds is 4. The third-order valence-electron chi connectivity index (χ3n) is 1.50. The van der Waals surface area contributed by atoms with Gasteiger partial charge in [0.1, 0.15) is 12.4 Å². The molecule has 0 bridgehead atoms. The number of carbonyl (C=O) groups is 2. The molecule has 0 heterocycles. The predicted molar refractivity (Wildman–Crippen MR) is 45.5 cm³/mol. The zero-order valence-electron chi connectivity index (χ0n) is 7.23. The first-order chi connectivity index (χ1) is 6.61. The van der Waals surface area contributed by atoms with E-state index in [-0.39, 0.29) is 11.3 Å². The number of nitrogens with two attached hydrogens (primary N) is 1. The highest BCUT2D eigenvalue weighted by Crippen LogP contribution is 2.16. The van der Waals surface area contributed by atoms with Crippen molar-refractivity contribution in [2.75, 3.05) is 6.61 Å². The number of carbonyl (C=O) groups excluding carboxylic acids is 2. The third-order valence-corrected chi connectivity index (χ3v) is 1.50. The normalized spacial score (nSPS) is 9.43. The van der Waals surface area contributed by atoms with Crippen LogP contribution in [0.5, 0.6) is 5.75 Å². The van der Waals surface area contributed by atoms with Crippen molar-refractivity contribution in [3.8, 4) is 5.75 Å². The number of carboxylic acid groups (broad SMARTS) is 1. The second kappa shape index (κ2) is 4.27. The molecule has 0 saturated carbocycles. The Balaban J connectivity index is 2.84. The summed E-state index contributed by atoms with van der Waals surface area (Å²) in [5.41, 5.74) is 5.19. The minimum Gasteiger partial charge on any atom is -0.546 e. The molecule has 0 aliphatic heterocycles. The molecule has 0 fully saturated rings. The molecule has 14 heavy (non-hydrogen) atoms. The lowest BCUT2D eigenvalue weighted by Crippen LogP contribution is -2.29. The Bertz CT molecular complexity index is 362. The van der Waals surface area contributed by atoms with Crippen LogP contribution in [-0.2, 0) is 4.79 Å². The van der Waals surface area contributed by atoms with Crippen molar-refractivity contribution in [2.24, 2.45) is 5.73 Å². The van der Waals surface area contributed by atoms with Crippen molar-refractivity contribution in [1.82, 2.24) is 0 Å². The monoisotopic (exact) mass is 194 g/mol. The molecular formula is C9H8NO4-. The van der Waals surface area contributed by atoms with Gasteiger partial charge in [-0.25, -0.2) is 0 Å². The van der Waals surface area contributed by atoms with Gasteiger partial charge in [0.25, 0.3) is 5.91 Å². The zero-order chi connectivity index (χ0) is 10.6. The first-order valence-corrected chi connectivity index (χ1v) is 3.82. The van der Waals surface area contributed by atoms with Crippen LogP contribution < -0.4 is 15.6 Å². The van der Waals surface area contributed by atoms with E-state index < -0.39 is 18.5 Å². The van der Waals surface area contributed by atoms with Crippen molar-refractivity contribution < 1.29 is 19.4 Å². The van der Waals surface area contributed by atoms with E-state index in [4.69, 9.17) is 10.5 Å². The fraction of sp³-hybridized carbons (Fsp3) is 0.111. The number of amides is 1. The molecular weight excluding hydrogens is 186 g/mol. The number of primary amides is 1. The molecule has 0 atom stereocenters. The van der Waals surface area contributed by atoms with Gasteiger partial charge >= 0.3 is 0 Å². The van der Waals surface area contributed by atoms with Crippen LogP contribution in [0.1, 0.15) is 10.4 Å². The fourth-order valence-corrected chi connectivity index (χ4v) is 0.933. The number of carboxylic acids is 1. The zero-order valence-corrected chi connectivity index (χ0v) is 7.23.